The van der Waals surface area contributed by atoms with Gasteiger partial charge in [-0.3, -0.25) is 0 Å². The van der Waals surface area contributed by atoms with Crippen LogP contribution in [0.5, 0.6) is 5.88 Å². The number of rotatable bonds is 2. The zero-order chi connectivity index (χ0) is 12.3. The fraction of sp³-hybridized carbons (Fsp3) is 0.333. The second kappa shape index (κ2) is 4.86. The van der Waals surface area contributed by atoms with Crippen molar-refractivity contribution in [3.63, 3.8) is 0 Å². The molecule has 0 aliphatic carbocycles. The van der Waals surface area contributed by atoms with E-state index in [1.807, 2.05) is 28.7 Å². The third-order valence-electron chi connectivity index (χ3n) is 1.75. The third kappa shape index (κ3) is 3.23. The first-order valence-corrected chi connectivity index (χ1v) is 5.19. The summed E-state index contributed by atoms with van der Waals surface area (Å²) in [5.74, 6) is -0.474. The zero-order valence-corrected chi connectivity index (χ0v) is 10.3. The van der Waals surface area contributed by atoms with Gasteiger partial charge in [-0.05, 0) is 35.1 Å². The predicted octanol–water partition coefficient (Wildman–Crippen LogP) is 2.96. The Labute approximate surface area is 103 Å². The van der Waals surface area contributed by atoms with E-state index in [1.165, 1.54) is 13.1 Å². The summed E-state index contributed by atoms with van der Waals surface area (Å²) in [7, 11) is 0. The van der Waals surface area contributed by atoms with E-state index in [0.717, 1.165) is 0 Å². The maximum atomic E-state index is 12.0. The number of ether oxygens (including phenoxy) is 1. The molecule has 0 aliphatic rings. The smallest absolute Gasteiger partial charge is 0.388 e. The largest absolute Gasteiger partial charge is 0.574 e. The maximum Gasteiger partial charge on any atom is 0.574 e. The van der Waals surface area contributed by atoms with Crippen LogP contribution in [0.2, 0.25) is 0 Å². The maximum absolute atomic E-state index is 12.0. The van der Waals surface area contributed by atoms with Crippen molar-refractivity contribution >= 4 is 22.6 Å². The number of halogens is 4. The first kappa shape index (κ1) is 13.0. The van der Waals surface area contributed by atoms with Gasteiger partial charge in [-0.15, -0.1) is 13.2 Å². The minimum Gasteiger partial charge on any atom is -0.388 e. The molecule has 0 unspecified atom stereocenters. The Morgan fingerprint density at radius 3 is 2.69 bits per heavy atom. The highest BCUT2D eigenvalue weighted by molar-refractivity contribution is 14.1. The molecular formula is C9H6F3IN2O. The Morgan fingerprint density at radius 1 is 1.56 bits per heavy atom. The van der Waals surface area contributed by atoms with Gasteiger partial charge >= 0.3 is 6.36 Å². The normalized spacial score (nSPS) is 11.0. The third-order valence-corrected chi connectivity index (χ3v) is 3.25. The Morgan fingerprint density at radius 2 is 2.19 bits per heavy atom. The van der Waals surface area contributed by atoms with Gasteiger partial charge in [0.1, 0.15) is 0 Å². The second-order valence-corrected chi connectivity index (χ2v) is 3.99. The number of alkyl halides is 3. The molecule has 0 saturated carbocycles. The Kier molecular flexibility index (Phi) is 3.96. The topological polar surface area (TPSA) is 45.9 Å². The lowest BCUT2D eigenvalue weighted by Crippen LogP contribution is -2.19. The average Bonchev–Trinajstić information content (AvgIpc) is 2.16. The van der Waals surface area contributed by atoms with Crippen LogP contribution in [-0.4, -0.2) is 11.3 Å². The summed E-state index contributed by atoms with van der Waals surface area (Å²) in [6.45, 7) is 1.47. The van der Waals surface area contributed by atoms with Gasteiger partial charge in [0, 0.05) is 15.3 Å². The highest BCUT2D eigenvalue weighted by atomic mass is 127. The molecule has 0 bridgehead atoms. The zero-order valence-electron chi connectivity index (χ0n) is 8.10. The monoisotopic (exact) mass is 342 g/mol. The van der Waals surface area contributed by atoms with E-state index >= 15 is 0 Å². The number of nitriles is 1. The minimum atomic E-state index is -4.75. The molecule has 1 heterocycles. The summed E-state index contributed by atoms with van der Waals surface area (Å²) < 4.78 is 40.3. The molecule has 1 rings (SSSR count). The standard InChI is InChI=1S/C9H6F3IN2O/c1-5-7(13)6(2-3-14)4-15-8(5)16-9(10,11)12/h4H,2H2,1H3. The molecule has 3 nitrogen and oxygen atoms in total. The molecule has 0 N–H and O–H groups in total. The molecule has 7 heteroatoms. The Hall–Kier alpha value is -1.04. The van der Waals surface area contributed by atoms with Gasteiger partial charge in [0.05, 0.1) is 12.5 Å². The number of pyridine rings is 1. The van der Waals surface area contributed by atoms with Gasteiger partial charge in [0.25, 0.3) is 0 Å². The van der Waals surface area contributed by atoms with Gasteiger partial charge in [0.15, 0.2) is 0 Å². The quantitative estimate of drug-likeness (QED) is 0.777. The van der Waals surface area contributed by atoms with Gasteiger partial charge in [-0.1, -0.05) is 0 Å². The van der Waals surface area contributed by atoms with Crippen LogP contribution in [0.1, 0.15) is 11.1 Å². The molecule has 0 radical (unpaired) electrons. The highest BCUT2D eigenvalue weighted by Crippen LogP contribution is 2.28. The molecule has 0 saturated heterocycles. The van der Waals surface area contributed by atoms with E-state index < -0.39 is 12.2 Å². The summed E-state index contributed by atoms with van der Waals surface area (Å²) in [6.07, 6.45) is -3.42. The van der Waals surface area contributed by atoms with Crippen molar-refractivity contribution in [2.75, 3.05) is 0 Å². The first-order valence-electron chi connectivity index (χ1n) is 4.12. The molecule has 0 spiro atoms. The van der Waals surface area contributed by atoms with Crippen LogP contribution < -0.4 is 4.74 Å². The van der Waals surface area contributed by atoms with Crippen LogP contribution in [0.3, 0.4) is 0 Å². The average molecular weight is 342 g/mol. The van der Waals surface area contributed by atoms with Gasteiger partial charge in [-0.25, -0.2) is 4.98 Å². The van der Waals surface area contributed by atoms with Gasteiger partial charge in [-0.2, -0.15) is 5.26 Å². The summed E-state index contributed by atoms with van der Waals surface area (Å²) in [5, 5.41) is 8.50. The minimum absolute atomic E-state index is 0.110. The summed E-state index contributed by atoms with van der Waals surface area (Å²) >= 11 is 1.87. The van der Waals surface area contributed by atoms with Crippen LogP contribution in [-0.2, 0) is 6.42 Å². The van der Waals surface area contributed by atoms with Crippen molar-refractivity contribution in [1.82, 2.24) is 4.98 Å². The summed E-state index contributed by atoms with van der Waals surface area (Å²) in [5.41, 5.74) is 0.876. The number of nitrogens with zero attached hydrogens (tertiary/aromatic N) is 2. The predicted molar refractivity (Wildman–Crippen MR) is 57.7 cm³/mol. The molecule has 1 aromatic heterocycles. The molecule has 86 valence electrons. The molecule has 16 heavy (non-hydrogen) atoms. The summed E-state index contributed by atoms with van der Waals surface area (Å²) in [4.78, 5) is 3.54. The van der Waals surface area contributed by atoms with Crippen molar-refractivity contribution in [2.24, 2.45) is 0 Å². The van der Waals surface area contributed by atoms with E-state index in [2.05, 4.69) is 9.72 Å². The van der Waals surface area contributed by atoms with Gasteiger partial charge in [0.2, 0.25) is 5.88 Å². The number of aromatic nitrogens is 1. The molecule has 0 fully saturated rings. The SMILES string of the molecule is Cc1c(OC(F)(F)F)ncc(CC#N)c1I. The fourth-order valence-corrected chi connectivity index (χ4v) is 1.61. The van der Waals surface area contributed by atoms with E-state index in [0.29, 0.717) is 9.13 Å². The number of hydrogen-bond donors (Lipinski definition) is 0. The molecule has 0 amide bonds. The van der Waals surface area contributed by atoms with Crippen molar-refractivity contribution < 1.29 is 17.9 Å². The Bertz CT molecular complexity index is 440. The molecule has 0 aliphatic heterocycles. The molecular weight excluding hydrogens is 336 g/mol. The Balaban J connectivity index is 3.08. The van der Waals surface area contributed by atoms with Crippen LogP contribution in [0.15, 0.2) is 6.20 Å². The van der Waals surface area contributed by atoms with E-state index in [1.54, 1.807) is 0 Å². The lowest BCUT2D eigenvalue weighted by Gasteiger charge is -2.12. The molecule has 0 atom stereocenters. The second-order valence-electron chi connectivity index (χ2n) is 2.91. The van der Waals surface area contributed by atoms with Crippen molar-refractivity contribution in [3.05, 3.63) is 20.9 Å². The van der Waals surface area contributed by atoms with E-state index in [-0.39, 0.29) is 12.0 Å². The molecule has 0 aromatic carbocycles. The summed E-state index contributed by atoms with van der Waals surface area (Å²) in [6, 6.07) is 1.91. The van der Waals surface area contributed by atoms with Crippen LogP contribution >= 0.6 is 22.6 Å². The van der Waals surface area contributed by atoms with Crippen LogP contribution in [0.4, 0.5) is 13.2 Å². The van der Waals surface area contributed by atoms with Crippen molar-refractivity contribution in [3.8, 4) is 11.9 Å². The first-order chi connectivity index (χ1) is 7.35. The van der Waals surface area contributed by atoms with E-state index in [4.69, 9.17) is 5.26 Å². The van der Waals surface area contributed by atoms with E-state index in [9.17, 15) is 13.2 Å². The fourth-order valence-electron chi connectivity index (χ4n) is 1.05. The lowest BCUT2D eigenvalue weighted by atomic mass is 10.2. The molecule has 1 aromatic rings. The van der Waals surface area contributed by atoms with Crippen LogP contribution in [0.25, 0.3) is 0 Å². The number of hydrogen-bond acceptors (Lipinski definition) is 3. The van der Waals surface area contributed by atoms with Crippen molar-refractivity contribution in [2.45, 2.75) is 19.7 Å². The van der Waals surface area contributed by atoms with Crippen molar-refractivity contribution in [1.29, 1.82) is 5.26 Å². The lowest BCUT2D eigenvalue weighted by molar-refractivity contribution is -0.276. The highest BCUT2D eigenvalue weighted by Gasteiger charge is 2.32. The van der Waals surface area contributed by atoms with Gasteiger partial charge < -0.3 is 4.74 Å². The van der Waals surface area contributed by atoms with Crippen LogP contribution in [0, 0.1) is 21.8 Å².